The molecular weight excluding hydrogens is 372 g/mol. The van der Waals surface area contributed by atoms with Crippen LogP contribution in [-0.2, 0) is 9.53 Å². The summed E-state index contributed by atoms with van der Waals surface area (Å²) in [7, 11) is 1.29. The normalized spacial score (nSPS) is 12.3. The summed E-state index contributed by atoms with van der Waals surface area (Å²) in [5.74, 6) is -1.54. The number of rotatable bonds is 7. The number of methoxy groups -OCH3 is 1. The van der Waals surface area contributed by atoms with E-state index in [1.54, 1.807) is 16.9 Å². The number of nitrogens with one attached hydrogen (secondary N) is 1. The van der Waals surface area contributed by atoms with Gasteiger partial charge >= 0.3 is 5.97 Å². The molecule has 0 aliphatic rings. The summed E-state index contributed by atoms with van der Waals surface area (Å²) >= 11 is 0. The van der Waals surface area contributed by atoms with Gasteiger partial charge in [0, 0.05) is 18.7 Å². The maximum Gasteiger partial charge on any atom is 0.334 e. The van der Waals surface area contributed by atoms with E-state index in [1.165, 1.54) is 7.11 Å². The average Bonchev–Trinajstić information content (AvgIpc) is 3.12. The Bertz CT molecular complexity index is 1060. The molecule has 0 saturated carbocycles. The minimum atomic E-state index is -1.14. The summed E-state index contributed by atoms with van der Waals surface area (Å²) in [6, 6.07) is 9.58. The zero-order chi connectivity index (χ0) is 21.1. The number of carbonyl (C=O) groups is 2. The van der Waals surface area contributed by atoms with Gasteiger partial charge in [0.05, 0.1) is 29.4 Å². The lowest BCUT2D eigenvalue weighted by atomic mass is 10.0. The summed E-state index contributed by atoms with van der Waals surface area (Å²) < 4.78 is 6.65. The highest BCUT2D eigenvalue weighted by atomic mass is 16.5. The minimum Gasteiger partial charge on any atom is -0.479 e. The van der Waals surface area contributed by atoms with Crippen molar-refractivity contribution in [1.82, 2.24) is 20.1 Å². The Balaban J connectivity index is 2.09. The van der Waals surface area contributed by atoms with Crippen LogP contribution >= 0.6 is 0 Å². The summed E-state index contributed by atoms with van der Waals surface area (Å²) in [6.07, 6.45) is 0.495. The third-order valence-electron chi connectivity index (χ3n) is 4.73. The molecule has 8 nitrogen and oxygen atoms in total. The second-order valence-corrected chi connectivity index (χ2v) is 7.06. The van der Waals surface area contributed by atoms with Crippen molar-refractivity contribution in [2.45, 2.75) is 32.9 Å². The van der Waals surface area contributed by atoms with E-state index in [0.29, 0.717) is 22.3 Å². The van der Waals surface area contributed by atoms with Crippen molar-refractivity contribution < 1.29 is 19.4 Å². The molecule has 2 heterocycles. The number of carbonyl (C=O) groups excluding carboxylic acids is 1. The first-order chi connectivity index (χ1) is 13.8. The zero-order valence-corrected chi connectivity index (χ0v) is 16.8. The Morgan fingerprint density at radius 2 is 2.00 bits per heavy atom. The molecule has 2 aromatic heterocycles. The second-order valence-electron chi connectivity index (χ2n) is 7.06. The van der Waals surface area contributed by atoms with E-state index in [2.05, 4.69) is 10.4 Å². The molecule has 0 fully saturated rings. The fourth-order valence-electron chi connectivity index (χ4n) is 3.13. The number of pyridine rings is 1. The number of carboxylic acid groups (broad SMARTS) is 1. The van der Waals surface area contributed by atoms with Gasteiger partial charge in [0.25, 0.3) is 5.91 Å². The molecule has 3 aromatic rings. The lowest BCUT2D eigenvalue weighted by Gasteiger charge is -2.14. The molecule has 1 aromatic carbocycles. The van der Waals surface area contributed by atoms with Crippen LogP contribution in [-0.4, -0.2) is 51.5 Å². The quantitative estimate of drug-likeness (QED) is 0.636. The largest absolute Gasteiger partial charge is 0.479 e. The first kappa shape index (κ1) is 20.5. The Hall–Kier alpha value is -3.26. The van der Waals surface area contributed by atoms with E-state index in [4.69, 9.17) is 14.8 Å². The molecular formula is C21H24N4O4. The van der Waals surface area contributed by atoms with Gasteiger partial charge in [0.2, 0.25) is 0 Å². The lowest BCUT2D eigenvalue weighted by molar-refractivity contribution is -0.148. The van der Waals surface area contributed by atoms with Crippen LogP contribution in [0.1, 0.15) is 35.8 Å². The van der Waals surface area contributed by atoms with Gasteiger partial charge in [-0.2, -0.15) is 5.10 Å². The highest BCUT2D eigenvalue weighted by Gasteiger charge is 2.22. The number of aromatic nitrogens is 3. The molecule has 0 aliphatic heterocycles. The molecule has 0 radical (unpaired) electrons. The van der Waals surface area contributed by atoms with Gasteiger partial charge in [-0.1, -0.05) is 24.3 Å². The van der Waals surface area contributed by atoms with E-state index in [9.17, 15) is 9.59 Å². The molecule has 2 N–H and O–H groups in total. The standard InChI is InChI=1S/C21H24N4O4/c1-12(2)25-19-16(10-23-25)15(20(26)22-11-18(29-4)21(27)28)9-17(24-19)14-8-6-5-7-13(14)3/h5-10,12,18H,11H2,1-4H3,(H,22,26)(H,27,28). The average molecular weight is 396 g/mol. The number of hydrogen-bond donors (Lipinski definition) is 2. The lowest BCUT2D eigenvalue weighted by Crippen LogP contribution is -2.37. The molecule has 1 atom stereocenters. The Morgan fingerprint density at radius 1 is 1.28 bits per heavy atom. The zero-order valence-electron chi connectivity index (χ0n) is 16.8. The van der Waals surface area contributed by atoms with E-state index < -0.39 is 18.0 Å². The number of hydrogen-bond acceptors (Lipinski definition) is 5. The van der Waals surface area contributed by atoms with E-state index in [0.717, 1.165) is 11.1 Å². The van der Waals surface area contributed by atoms with Crippen molar-refractivity contribution >= 4 is 22.9 Å². The molecule has 8 heteroatoms. The Kier molecular flexibility index (Phi) is 5.93. The van der Waals surface area contributed by atoms with Gasteiger partial charge < -0.3 is 15.2 Å². The van der Waals surface area contributed by atoms with Crippen molar-refractivity contribution in [3.63, 3.8) is 0 Å². The van der Waals surface area contributed by atoms with E-state index >= 15 is 0 Å². The molecule has 0 spiro atoms. The molecule has 152 valence electrons. The highest BCUT2D eigenvalue weighted by molar-refractivity contribution is 6.06. The summed E-state index contributed by atoms with van der Waals surface area (Å²) in [6.45, 7) is 5.82. The summed E-state index contributed by atoms with van der Waals surface area (Å²) in [5, 5.41) is 16.8. The third-order valence-corrected chi connectivity index (χ3v) is 4.73. The number of nitrogens with zero attached hydrogens (tertiary/aromatic N) is 3. The highest BCUT2D eigenvalue weighted by Crippen LogP contribution is 2.28. The van der Waals surface area contributed by atoms with Crippen LogP contribution in [0.4, 0.5) is 0 Å². The van der Waals surface area contributed by atoms with Crippen LogP contribution in [0.5, 0.6) is 0 Å². The molecule has 1 amide bonds. The van der Waals surface area contributed by atoms with E-state index in [1.807, 2.05) is 45.0 Å². The fraction of sp³-hybridized carbons (Fsp3) is 0.333. The number of carboxylic acids is 1. The molecule has 0 bridgehead atoms. The van der Waals surface area contributed by atoms with Crippen LogP contribution in [0.2, 0.25) is 0 Å². The van der Waals surface area contributed by atoms with Crippen LogP contribution < -0.4 is 5.32 Å². The van der Waals surface area contributed by atoms with Crippen molar-refractivity contribution in [3.05, 3.63) is 47.7 Å². The van der Waals surface area contributed by atoms with Crippen LogP contribution in [0.25, 0.3) is 22.3 Å². The summed E-state index contributed by atoms with van der Waals surface area (Å²) in [4.78, 5) is 28.8. The maximum absolute atomic E-state index is 12.9. The van der Waals surface area contributed by atoms with Crippen LogP contribution in [0.3, 0.4) is 0 Å². The van der Waals surface area contributed by atoms with Crippen molar-refractivity contribution in [1.29, 1.82) is 0 Å². The number of amides is 1. The Labute approximate surface area is 168 Å². The van der Waals surface area contributed by atoms with E-state index in [-0.39, 0.29) is 12.6 Å². The molecule has 29 heavy (non-hydrogen) atoms. The SMILES string of the molecule is COC(CNC(=O)c1cc(-c2ccccc2C)nc2c1cnn2C(C)C)C(=O)O. The first-order valence-electron chi connectivity index (χ1n) is 9.31. The topological polar surface area (TPSA) is 106 Å². The number of aryl methyl sites for hydroxylation is 1. The predicted molar refractivity (Wildman–Crippen MR) is 109 cm³/mol. The van der Waals surface area contributed by atoms with Crippen LogP contribution in [0, 0.1) is 6.92 Å². The first-order valence-corrected chi connectivity index (χ1v) is 9.31. The van der Waals surface area contributed by atoms with Gasteiger partial charge in [-0.3, -0.25) is 4.79 Å². The van der Waals surface area contributed by atoms with Crippen molar-refractivity contribution in [2.24, 2.45) is 0 Å². The van der Waals surface area contributed by atoms with Crippen LogP contribution in [0.15, 0.2) is 36.5 Å². The second kappa shape index (κ2) is 8.40. The maximum atomic E-state index is 12.9. The number of fused-ring (bicyclic) bond motifs is 1. The summed E-state index contributed by atoms with van der Waals surface area (Å²) in [5.41, 5.74) is 3.60. The molecule has 0 saturated heterocycles. The van der Waals surface area contributed by atoms with Gasteiger partial charge in [-0.15, -0.1) is 0 Å². The minimum absolute atomic E-state index is 0.0629. The number of aliphatic carboxylic acids is 1. The predicted octanol–water partition coefficient (Wildman–Crippen LogP) is 2.82. The molecule has 3 rings (SSSR count). The smallest absolute Gasteiger partial charge is 0.334 e. The Morgan fingerprint density at radius 3 is 2.62 bits per heavy atom. The fourth-order valence-corrected chi connectivity index (χ4v) is 3.13. The van der Waals surface area contributed by atoms with Gasteiger partial charge in [0.1, 0.15) is 0 Å². The molecule has 0 aliphatic carbocycles. The van der Waals surface area contributed by atoms with Crippen molar-refractivity contribution in [3.8, 4) is 11.3 Å². The van der Waals surface area contributed by atoms with Gasteiger partial charge in [-0.25, -0.2) is 14.5 Å². The third kappa shape index (κ3) is 4.12. The number of ether oxygens (including phenoxy) is 1. The monoisotopic (exact) mass is 396 g/mol. The number of benzene rings is 1. The van der Waals surface area contributed by atoms with Gasteiger partial charge in [-0.05, 0) is 32.4 Å². The van der Waals surface area contributed by atoms with Gasteiger partial charge in [0.15, 0.2) is 11.8 Å². The molecule has 1 unspecified atom stereocenters. The van der Waals surface area contributed by atoms with Crippen molar-refractivity contribution in [2.75, 3.05) is 13.7 Å².